The molecule has 1 fully saturated rings. The van der Waals surface area contributed by atoms with Crippen molar-refractivity contribution in [2.24, 2.45) is 0 Å². The number of benzene rings is 1. The van der Waals surface area contributed by atoms with Crippen LogP contribution in [0.3, 0.4) is 0 Å². The Kier molecular flexibility index (Phi) is 4.23. The Labute approximate surface area is 136 Å². The lowest BCUT2D eigenvalue weighted by Crippen LogP contribution is -2.49. The van der Waals surface area contributed by atoms with Crippen LogP contribution in [-0.2, 0) is 5.41 Å². The van der Waals surface area contributed by atoms with E-state index in [0.29, 0.717) is 11.3 Å². The van der Waals surface area contributed by atoms with E-state index in [2.05, 4.69) is 9.72 Å². The van der Waals surface area contributed by atoms with Crippen molar-refractivity contribution in [1.82, 2.24) is 4.98 Å². The summed E-state index contributed by atoms with van der Waals surface area (Å²) >= 11 is 0. The topological polar surface area (TPSA) is 62.6 Å². The summed E-state index contributed by atoms with van der Waals surface area (Å²) in [5, 5.41) is 20.5. The first kappa shape index (κ1) is 16.7. The molecule has 0 bridgehead atoms. The normalized spacial score (nSPS) is 25.0. The van der Waals surface area contributed by atoms with E-state index in [9.17, 15) is 23.4 Å². The molecule has 2 aromatic rings. The minimum atomic E-state index is -4.79. The Balaban J connectivity index is 1.95. The fraction of sp³-hybridized carbons (Fsp3) is 0.353. The van der Waals surface area contributed by atoms with Crippen LogP contribution in [0, 0.1) is 0 Å². The number of hydrogen-bond acceptors (Lipinski definition) is 4. The van der Waals surface area contributed by atoms with Crippen molar-refractivity contribution in [3.63, 3.8) is 0 Å². The summed E-state index contributed by atoms with van der Waals surface area (Å²) < 4.78 is 41.2. The quantitative estimate of drug-likeness (QED) is 0.898. The summed E-state index contributed by atoms with van der Waals surface area (Å²) in [5.41, 5.74) is -0.00195. The smallest absolute Gasteiger partial charge is 0.406 e. The Morgan fingerprint density at radius 3 is 2.50 bits per heavy atom. The number of aromatic nitrogens is 1. The van der Waals surface area contributed by atoms with E-state index in [4.69, 9.17) is 0 Å². The molecule has 1 aromatic heterocycles. The van der Waals surface area contributed by atoms with Crippen LogP contribution in [0.5, 0.6) is 5.75 Å². The number of ether oxygens (including phenoxy) is 1. The summed E-state index contributed by atoms with van der Waals surface area (Å²) in [6.45, 7) is 0. The fourth-order valence-electron chi connectivity index (χ4n) is 3.22. The highest BCUT2D eigenvalue weighted by Crippen LogP contribution is 2.52. The molecule has 1 heterocycles. The lowest BCUT2D eigenvalue weighted by molar-refractivity contribution is -0.274. The second kappa shape index (κ2) is 6.07. The van der Waals surface area contributed by atoms with Gasteiger partial charge in [0.25, 0.3) is 0 Å². The van der Waals surface area contributed by atoms with Gasteiger partial charge < -0.3 is 14.9 Å². The maximum Gasteiger partial charge on any atom is 0.573 e. The fourth-order valence-corrected chi connectivity index (χ4v) is 3.22. The SMILES string of the molecule is OC1CC(c2cccc(OC(F)(F)F)c2)([C@H](O)c2ccccn2)C1. The van der Waals surface area contributed by atoms with Gasteiger partial charge in [0.05, 0.1) is 11.8 Å². The molecule has 1 saturated carbocycles. The van der Waals surface area contributed by atoms with Crippen LogP contribution >= 0.6 is 0 Å². The van der Waals surface area contributed by atoms with Gasteiger partial charge in [0.15, 0.2) is 0 Å². The average Bonchev–Trinajstić information content (AvgIpc) is 2.50. The van der Waals surface area contributed by atoms with E-state index >= 15 is 0 Å². The Bertz CT molecular complexity index is 700. The minimum Gasteiger partial charge on any atom is -0.406 e. The number of nitrogens with zero attached hydrogens (tertiary/aromatic N) is 1. The number of halogens is 3. The highest BCUT2D eigenvalue weighted by molar-refractivity contribution is 5.39. The maximum absolute atomic E-state index is 12.4. The first-order chi connectivity index (χ1) is 11.3. The van der Waals surface area contributed by atoms with Crippen molar-refractivity contribution in [3.8, 4) is 5.75 Å². The van der Waals surface area contributed by atoms with Gasteiger partial charge in [-0.3, -0.25) is 4.98 Å². The van der Waals surface area contributed by atoms with Gasteiger partial charge in [-0.25, -0.2) is 0 Å². The van der Waals surface area contributed by atoms with Crippen LogP contribution in [0.1, 0.15) is 30.2 Å². The van der Waals surface area contributed by atoms with Crippen molar-refractivity contribution < 1.29 is 28.1 Å². The zero-order valence-corrected chi connectivity index (χ0v) is 12.6. The highest BCUT2D eigenvalue weighted by Gasteiger charge is 2.51. The summed E-state index contributed by atoms with van der Waals surface area (Å²) in [6, 6.07) is 10.6. The van der Waals surface area contributed by atoms with Crippen molar-refractivity contribution in [1.29, 1.82) is 0 Å². The molecule has 0 radical (unpaired) electrons. The van der Waals surface area contributed by atoms with Gasteiger partial charge in [0.2, 0.25) is 0 Å². The lowest BCUT2D eigenvalue weighted by Gasteiger charge is -2.48. The average molecular weight is 339 g/mol. The third-order valence-electron chi connectivity index (χ3n) is 4.33. The molecule has 2 N–H and O–H groups in total. The first-order valence-corrected chi connectivity index (χ1v) is 7.43. The van der Waals surface area contributed by atoms with Crippen LogP contribution in [0.15, 0.2) is 48.7 Å². The molecule has 3 rings (SSSR count). The highest BCUT2D eigenvalue weighted by atomic mass is 19.4. The zero-order chi connectivity index (χ0) is 17.4. The van der Waals surface area contributed by atoms with Gasteiger partial charge in [-0.15, -0.1) is 13.2 Å². The van der Waals surface area contributed by atoms with Crippen LogP contribution in [0.4, 0.5) is 13.2 Å². The Morgan fingerprint density at radius 1 is 1.17 bits per heavy atom. The van der Waals surface area contributed by atoms with Gasteiger partial charge >= 0.3 is 6.36 Å². The molecule has 0 amide bonds. The molecule has 1 aromatic carbocycles. The minimum absolute atomic E-state index is 0.236. The van der Waals surface area contributed by atoms with Crippen LogP contribution in [-0.4, -0.2) is 27.7 Å². The zero-order valence-electron chi connectivity index (χ0n) is 12.6. The molecule has 0 spiro atoms. The predicted octanol–water partition coefficient (Wildman–Crippen LogP) is 3.11. The third-order valence-corrected chi connectivity index (χ3v) is 4.33. The predicted molar refractivity (Wildman–Crippen MR) is 79.2 cm³/mol. The Morgan fingerprint density at radius 2 is 1.92 bits per heavy atom. The number of alkyl halides is 3. The van der Waals surface area contributed by atoms with Crippen molar-refractivity contribution >= 4 is 0 Å². The van der Waals surface area contributed by atoms with E-state index in [1.165, 1.54) is 24.4 Å². The number of pyridine rings is 1. The molecule has 0 saturated heterocycles. The summed E-state index contributed by atoms with van der Waals surface area (Å²) in [6.07, 6.45) is -4.44. The third kappa shape index (κ3) is 3.22. The molecule has 1 aliphatic carbocycles. The molecule has 128 valence electrons. The molecule has 0 aliphatic heterocycles. The van der Waals surface area contributed by atoms with Gasteiger partial charge in [-0.05, 0) is 42.7 Å². The summed E-state index contributed by atoms with van der Waals surface area (Å²) in [5.74, 6) is -0.353. The monoisotopic (exact) mass is 339 g/mol. The largest absolute Gasteiger partial charge is 0.573 e. The molecular weight excluding hydrogens is 323 g/mol. The second-order valence-electron chi connectivity index (χ2n) is 5.95. The van der Waals surface area contributed by atoms with Gasteiger partial charge in [0.1, 0.15) is 11.9 Å². The summed E-state index contributed by atoms with van der Waals surface area (Å²) in [4.78, 5) is 4.12. The summed E-state index contributed by atoms with van der Waals surface area (Å²) in [7, 11) is 0. The number of aliphatic hydroxyl groups is 2. The lowest BCUT2D eigenvalue weighted by atomic mass is 9.59. The van der Waals surface area contributed by atoms with Crippen molar-refractivity contribution in [2.45, 2.75) is 36.8 Å². The second-order valence-corrected chi connectivity index (χ2v) is 5.95. The van der Waals surface area contributed by atoms with E-state index < -0.39 is 24.0 Å². The van der Waals surface area contributed by atoms with E-state index in [1.807, 2.05) is 0 Å². The molecule has 1 aliphatic rings. The van der Waals surface area contributed by atoms with Gasteiger partial charge in [-0.2, -0.15) is 0 Å². The van der Waals surface area contributed by atoms with Crippen molar-refractivity contribution in [2.75, 3.05) is 0 Å². The Hall–Kier alpha value is -2.12. The number of hydrogen-bond donors (Lipinski definition) is 2. The maximum atomic E-state index is 12.4. The van der Waals surface area contributed by atoms with Gasteiger partial charge in [-0.1, -0.05) is 18.2 Å². The molecule has 7 heteroatoms. The first-order valence-electron chi connectivity index (χ1n) is 7.43. The standard InChI is InChI=1S/C17H16F3NO3/c18-17(19,20)24-13-5-3-4-11(8-13)16(9-12(22)10-16)15(23)14-6-1-2-7-21-14/h1-8,12,15,22-23H,9-10H2/t12?,15-,16?/m1/s1. The van der Waals surface area contributed by atoms with E-state index in [-0.39, 0.29) is 18.6 Å². The van der Waals surface area contributed by atoms with E-state index in [0.717, 1.165) is 0 Å². The van der Waals surface area contributed by atoms with Crippen molar-refractivity contribution in [3.05, 3.63) is 59.9 Å². The number of rotatable bonds is 4. The van der Waals surface area contributed by atoms with Gasteiger partial charge in [0, 0.05) is 11.6 Å². The van der Waals surface area contributed by atoms with Crippen LogP contribution in [0.2, 0.25) is 0 Å². The molecule has 0 unspecified atom stereocenters. The van der Waals surface area contributed by atoms with Crippen LogP contribution in [0.25, 0.3) is 0 Å². The van der Waals surface area contributed by atoms with Crippen LogP contribution < -0.4 is 4.74 Å². The molecular formula is C17H16F3NO3. The molecule has 1 atom stereocenters. The van der Waals surface area contributed by atoms with E-state index in [1.54, 1.807) is 24.3 Å². The molecule has 4 nitrogen and oxygen atoms in total. The molecule has 24 heavy (non-hydrogen) atoms. The number of aliphatic hydroxyl groups excluding tert-OH is 2.